The van der Waals surface area contributed by atoms with Crippen LogP contribution in [0.2, 0.25) is 0 Å². The van der Waals surface area contributed by atoms with Gasteiger partial charge in [0, 0.05) is 55.0 Å². The van der Waals surface area contributed by atoms with Gasteiger partial charge in [-0.05, 0) is 23.8 Å². The smallest absolute Gasteiger partial charge is 0.255 e. The summed E-state index contributed by atoms with van der Waals surface area (Å²) in [7, 11) is 0. The van der Waals surface area contributed by atoms with Crippen molar-refractivity contribution in [3.05, 3.63) is 94.9 Å². The second-order valence-corrected chi connectivity index (χ2v) is 8.16. The quantitative estimate of drug-likeness (QED) is 0.530. The van der Waals surface area contributed by atoms with Gasteiger partial charge < -0.3 is 19.4 Å². The first kappa shape index (κ1) is 20.8. The minimum Gasteiger partial charge on any atom is -0.338 e. The molecule has 2 aromatic heterocycles. The molecule has 0 radical (unpaired) electrons. The Morgan fingerprint density at radius 1 is 0.818 bits per heavy atom. The SMILES string of the molecule is O=C(Cn1c(-c2ccccc2)cc2ccccc21)N1CCN(C(=O)c2ccc(=O)[nH]c2)CC1. The normalized spacial score (nSPS) is 13.9. The molecule has 1 N–H and O–H groups in total. The van der Waals surface area contributed by atoms with E-state index >= 15 is 0 Å². The third-order valence-corrected chi connectivity index (χ3v) is 6.12. The van der Waals surface area contributed by atoms with Crippen LogP contribution in [-0.2, 0) is 11.3 Å². The second-order valence-electron chi connectivity index (χ2n) is 8.16. The molecular formula is C26H24N4O3. The molecule has 4 aromatic rings. The average molecular weight is 441 g/mol. The fraction of sp³-hybridized carbons (Fsp3) is 0.192. The molecule has 0 unspecified atom stereocenters. The standard InChI is InChI=1S/C26H24N4O3/c31-24-11-10-21(17-27-24)26(33)29-14-12-28(13-15-29)25(32)18-30-22-9-5-4-8-20(22)16-23(30)19-6-2-1-3-7-19/h1-11,16-17H,12-15,18H2,(H,27,31). The molecule has 0 atom stereocenters. The molecule has 0 bridgehead atoms. The van der Waals surface area contributed by atoms with Gasteiger partial charge in [0.05, 0.1) is 5.56 Å². The highest BCUT2D eigenvalue weighted by Gasteiger charge is 2.26. The van der Waals surface area contributed by atoms with E-state index in [9.17, 15) is 14.4 Å². The van der Waals surface area contributed by atoms with Gasteiger partial charge in [-0.15, -0.1) is 0 Å². The first-order valence-corrected chi connectivity index (χ1v) is 11.0. The molecule has 166 valence electrons. The fourth-order valence-electron chi connectivity index (χ4n) is 4.35. The van der Waals surface area contributed by atoms with Gasteiger partial charge in [0.1, 0.15) is 6.54 Å². The Labute approximate surface area is 190 Å². The zero-order valence-electron chi connectivity index (χ0n) is 18.1. The molecule has 1 fully saturated rings. The van der Waals surface area contributed by atoms with Crippen molar-refractivity contribution < 1.29 is 9.59 Å². The predicted octanol–water partition coefficient (Wildman–Crippen LogP) is 2.98. The predicted molar refractivity (Wildman–Crippen MR) is 127 cm³/mol. The van der Waals surface area contributed by atoms with Gasteiger partial charge in [-0.3, -0.25) is 14.4 Å². The van der Waals surface area contributed by atoms with Crippen LogP contribution in [-0.4, -0.2) is 57.3 Å². The van der Waals surface area contributed by atoms with Crippen LogP contribution in [0.1, 0.15) is 10.4 Å². The summed E-state index contributed by atoms with van der Waals surface area (Å²) in [5.74, 6) is -0.106. The van der Waals surface area contributed by atoms with Crippen molar-refractivity contribution in [3.8, 4) is 11.3 Å². The molecule has 0 aliphatic carbocycles. The lowest BCUT2D eigenvalue weighted by molar-refractivity contribution is -0.133. The highest BCUT2D eigenvalue weighted by Crippen LogP contribution is 2.28. The summed E-state index contributed by atoms with van der Waals surface area (Å²) in [5, 5.41) is 1.10. The first-order chi connectivity index (χ1) is 16.1. The fourth-order valence-corrected chi connectivity index (χ4v) is 4.35. The van der Waals surface area contributed by atoms with Gasteiger partial charge in [-0.1, -0.05) is 48.5 Å². The number of hydrogen-bond donors (Lipinski definition) is 1. The third-order valence-electron chi connectivity index (χ3n) is 6.12. The minimum absolute atomic E-state index is 0.0321. The summed E-state index contributed by atoms with van der Waals surface area (Å²) < 4.78 is 2.07. The molecule has 2 aromatic carbocycles. The van der Waals surface area contributed by atoms with Gasteiger partial charge in [-0.25, -0.2) is 0 Å². The lowest BCUT2D eigenvalue weighted by atomic mass is 10.1. The highest BCUT2D eigenvalue weighted by molar-refractivity contribution is 5.94. The number of hydrogen-bond acceptors (Lipinski definition) is 3. The Kier molecular flexibility index (Phi) is 5.52. The van der Waals surface area contributed by atoms with Gasteiger partial charge in [0.2, 0.25) is 11.5 Å². The lowest BCUT2D eigenvalue weighted by Crippen LogP contribution is -2.51. The Morgan fingerprint density at radius 2 is 1.52 bits per heavy atom. The number of rotatable bonds is 4. The van der Waals surface area contributed by atoms with Crippen molar-refractivity contribution in [1.29, 1.82) is 0 Å². The van der Waals surface area contributed by atoms with Crippen LogP contribution in [0.3, 0.4) is 0 Å². The zero-order valence-corrected chi connectivity index (χ0v) is 18.1. The summed E-state index contributed by atoms with van der Waals surface area (Å²) in [4.78, 5) is 43.2. The van der Waals surface area contributed by atoms with E-state index in [1.807, 2.05) is 41.3 Å². The molecule has 33 heavy (non-hydrogen) atoms. The topological polar surface area (TPSA) is 78.4 Å². The molecule has 3 heterocycles. The monoisotopic (exact) mass is 440 g/mol. The second kappa shape index (κ2) is 8.78. The molecule has 7 heteroatoms. The molecule has 0 spiro atoms. The number of H-pyrrole nitrogens is 1. The van der Waals surface area contributed by atoms with Gasteiger partial charge in [0.15, 0.2) is 0 Å². The molecule has 1 aliphatic rings. The number of aromatic nitrogens is 2. The minimum atomic E-state index is -0.241. The maximum Gasteiger partial charge on any atom is 0.255 e. The van der Waals surface area contributed by atoms with Crippen LogP contribution in [0.25, 0.3) is 22.2 Å². The Morgan fingerprint density at radius 3 is 2.24 bits per heavy atom. The average Bonchev–Trinajstić information content (AvgIpc) is 3.23. The third kappa shape index (κ3) is 4.17. The number of benzene rings is 2. The van der Waals surface area contributed by atoms with Crippen molar-refractivity contribution in [2.75, 3.05) is 26.2 Å². The maximum atomic E-state index is 13.2. The summed E-state index contributed by atoms with van der Waals surface area (Å²) in [6, 6.07) is 23.2. The zero-order chi connectivity index (χ0) is 22.8. The summed E-state index contributed by atoms with van der Waals surface area (Å²) in [6.45, 7) is 2.12. The Balaban J connectivity index is 1.31. The highest BCUT2D eigenvalue weighted by atomic mass is 16.2. The molecule has 0 saturated carbocycles. The van der Waals surface area contributed by atoms with Crippen LogP contribution in [0.5, 0.6) is 0 Å². The maximum absolute atomic E-state index is 13.2. The van der Waals surface area contributed by atoms with E-state index in [-0.39, 0.29) is 23.9 Å². The number of amides is 2. The number of nitrogens with zero attached hydrogens (tertiary/aromatic N) is 3. The van der Waals surface area contributed by atoms with E-state index in [1.54, 1.807) is 4.90 Å². The Hall–Kier alpha value is -4.13. The summed E-state index contributed by atoms with van der Waals surface area (Å²) in [5.41, 5.74) is 3.31. The molecule has 7 nitrogen and oxygen atoms in total. The number of pyridine rings is 1. The Bertz CT molecular complexity index is 1340. The van der Waals surface area contributed by atoms with Gasteiger partial charge in [0.25, 0.3) is 5.91 Å². The lowest BCUT2D eigenvalue weighted by Gasteiger charge is -2.35. The molecule has 1 saturated heterocycles. The van der Waals surface area contributed by atoms with Crippen LogP contribution in [0.4, 0.5) is 0 Å². The van der Waals surface area contributed by atoms with Crippen LogP contribution in [0.15, 0.2) is 83.8 Å². The summed E-state index contributed by atoms with van der Waals surface area (Å²) >= 11 is 0. The summed E-state index contributed by atoms with van der Waals surface area (Å²) in [6.07, 6.45) is 1.43. The van der Waals surface area contributed by atoms with Crippen molar-refractivity contribution in [1.82, 2.24) is 19.4 Å². The van der Waals surface area contributed by atoms with Crippen LogP contribution in [0, 0.1) is 0 Å². The van der Waals surface area contributed by atoms with Crippen molar-refractivity contribution >= 4 is 22.7 Å². The van der Waals surface area contributed by atoms with E-state index in [0.717, 1.165) is 22.2 Å². The van der Waals surface area contributed by atoms with Crippen molar-refractivity contribution in [2.45, 2.75) is 6.54 Å². The van der Waals surface area contributed by atoms with E-state index in [0.29, 0.717) is 31.7 Å². The number of para-hydroxylation sites is 1. The first-order valence-electron chi connectivity index (χ1n) is 11.0. The van der Waals surface area contributed by atoms with E-state index in [4.69, 9.17) is 0 Å². The number of carbonyl (C=O) groups excluding carboxylic acids is 2. The molecular weight excluding hydrogens is 416 g/mol. The number of fused-ring (bicyclic) bond motifs is 1. The van der Waals surface area contributed by atoms with Gasteiger partial charge >= 0.3 is 0 Å². The van der Waals surface area contributed by atoms with E-state index in [1.165, 1.54) is 18.3 Å². The number of aromatic amines is 1. The molecule has 2 amide bonds. The van der Waals surface area contributed by atoms with Gasteiger partial charge in [-0.2, -0.15) is 0 Å². The van der Waals surface area contributed by atoms with Crippen molar-refractivity contribution in [2.24, 2.45) is 0 Å². The number of nitrogens with one attached hydrogen (secondary N) is 1. The number of carbonyl (C=O) groups is 2. The largest absolute Gasteiger partial charge is 0.338 e. The molecule has 1 aliphatic heterocycles. The van der Waals surface area contributed by atoms with Crippen molar-refractivity contribution in [3.63, 3.8) is 0 Å². The molecule has 5 rings (SSSR count). The van der Waals surface area contributed by atoms with Crippen LogP contribution < -0.4 is 5.56 Å². The number of piperazine rings is 1. The van der Waals surface area contributed by atoms with E-state index < -0.39 is 0 Å². The van der Waals surface area contributed by atoms with E-state index in [2.05, 4.69) is 33.8 Å². The van der Waals surface area contributed by atoms with Crippen LogP contribution >= 0.6 is 0 Å².